The highest BCUT2D eigenvalue weighted by atomic mass is 16.3. The van der Waals surface area contributed by atoms with Crippen LogP contribution in [0.3, 0.4) is 0 Å². The molecule has 0 aromatic heterocycles. The molecule has 2 N–H and O–H groups in total. The smallest absolute Gasteiger partial charge is 0.0796 e. The predicted molar refractivity (Wildman–Crippen MR) is 90.0 cm³/mol. The molecule has 3 rings (SSSR count). The van der Waals surface area contributed by atoms with E-state index in [9.17, 15) is 10.2 Å². The van der Waals surface area contributed by atoms with Crippen LogP contribution in [-0.2, 0) is 5.41 Å². The molecule has 2 heteroatoms. The van der Waals surface area contributed by atoms with Crippen molar-refractivity contribution >= 4 is 0 Å². The summed E-state index contributed by atoms with van der Waals surface area (Å²) in [4.78, 5) is 0. The van der Waals surface area contributed by atoms with E-state index in [-0.39, 0.29) is 17.4 Å². The third kappa shape index (κ3) is 2.23. The molecule has 2 aliphatic carbocycles. The van der Waals surface area contributed by atoms with Gasteiger partial charge in [-0.1, -0.05) is 52.3 Å². The zero-order valence-corrected chi connectivity index (χ0v) is 14.4. The molecule has 4 atom stereocenters. The van der Waals surface area contributed by atoms with Gasteiger partial charge in [0.25, 0.3) is 0 Å². The van der Waals surface area contributed by atoms with Gasteiger partial charge in [-0.15, -0.1) is 0 Å². The largest absolute Gasteiger partial charge is 0.396 e. The molecule has 0 amide bonds. The van der Waals surface area contributed by atoms with Crippen LogP contribution in [-0.4, -0.2) is 16.8 Å². The Balaban J connectivity index is 2.11. The topological polar surface area (TPSA) is 40.5 Å². The van der Waals surface area contributed by atoms with E-state index in [0.717, 1.165) is 31.2 Å². The van der Waals surface area contributed by atoms with Crippen LogP contribution in [0.5, 0.6) is 0 Å². The van der Waals surface area contributed by atoms with Crippen LogP contribution in [0.4, 0.5) is 0 Å². The Labute approximate surface area is 134 Å². The van der Waals surface area contributed by atoms with E-state index < -0.39 is 6.10 Å². The number of aliphatic hydroxyl groups is 2. The molecule has 2 nitrogen and oxygen atoms in total. The molecule has 0 aliphatic heterocycles. The second-order valence-corrected chi connectivity index (χ2v) is 8.39. The number of benzene rings is 1. The van der Waals surface area contributed by atoms with Crippen LogP contribution in [0.2, 0.25) is 0 Å². The minimum absolute atomic E-state index is 0.0671. The molecule has 2 aliphatic rings. The van der Waals surface area contributed by atoms with Gasteiger partial charge in [0.05, 0.1) is 6.10 Å². The molecular weight excluding hydrogens is 272 g/mol. The summed E-state index contributed by atoms with van der Waals surface area (Å²) >= 11 is 0. The van der Waals surface area contributed by atoms with Crippen molar-refractivity contribution in [3.8, 4) is 0 Å². The van der Waals surface area contributed by atoms with Gasteiger partial charge in [-0.2, -0.15) is 0 Å². The van der Waals surface area contributed by atoms with Gasteiger partial charge < -0.3 is 10.2 Å². The first-order valence-electron chi connectivity index (χ1n) is 8.75. The maximum absolute atomic E-state index is 10.8. The lowest BCUT2D eigenvalue weighted by molar-refractivity contribution is -0.0462. The second-order valence-electron chi connectivity index (χ2n) is 8.39. The number of aliphatic hydroxyl groups excluding tert-OH is 2. The Morgan fingerprint density at radius 2 is 1.95 bits per heavy atom. The normalized spacial score (nSPS) is 37.8. The third-order valence-corrected chi connectivity index (χ3v) is 6.59. The van der Waals surface area contributed by atoms with Gasteiger partial charge in [0.2, 0.25) is 0 Å². The Morgan fingerprint density at radius 3 is 2.59 bits per heavy atom. The fraction of sp³-hybridized carbons (Fsp3) is 0.700. The average Bonchev–Trinajstić information content (AvgIpc) is 2.49. The third-order valence-electron chi connectivity index (χ3n) is 6.59. The Bertz CT molecular complexity index is 565. The quantitative estimate of drug-likeness (QED) is 0.855. The van der Waals surface area contributed by atoms with Crippen molar-refractivity contribution in [2.45, 2.75) is 70.8 Å². The summed E-state index contributed by atoms with van der Waals surface area (Å²) < 4.78 is 0. The first-order chi connectivity index (χ1) is 10.3. The molecule has 1 fully saturated rings. The lowest BCUT2D eigenvalue weighted by Crippen LogP contribution is -2.51. The van der Waals surface area contributed by atoms with Gasteiger partial charge in [-0.3, -0.25) is 0 Å². The van der Waals surface area contributed by atoms with E-state index in [1.54, 1.807) is 0 Å². The zero-order valence-electron chi connectivity index (χ0n) is 14.4. The first kappa shape index (κ1) is 16.0. The summed E-state index contributed by atoms with van der Waals surface area (Å²) in [5, 5.41) is 20.7. The molecule has 0 unspecified atom stereocenters. The summed E-state index contributed by atoms with van der Waals surface area (Å²) in [7, 11) is 0. The molecule has 122 valence electrons. The zero-order chi connectivity index (χ0) is 16.1. The Kier molecular flexibility index (Phi) is 3.89. The highest BCUT2D eigenvalue weighted by Gasteiger charge is 2.53. The fourth-order valence-corrected chi connectivity index (χ4v) is 5.12. The van der Waals surface area contributed by atoms with Gasteiger partial charge in [-0.25, -0.2) is 0 Å². The summed E-state index contributed by atoms with van der Waals surface area (Å²) in [6.07, 6.45) is 3.77. The number of rotatable bonds is 2. The van der Waals surface area contributed by atoms with Crippen LogP contribution >= 0.6 is 0 Å². The maximum Gasteiger partial charge on any atom is 0.0796 e. The lowest BCUT2D eigenvalue weighted by atomic mass is 9.49. The van der Waals surface area contributed by atoms with Crippen LogP contribution in [0.25, 0.3) is 0 Å². The summed E-state index contributed by atoms with van der Waals surface area (Å²) in [6.45, 7) is 9.18. The molecule has 0 bridgehead atoms. The van der Waals surface area contributed by atoms with Crippen LogP contribution in [0, 0.1) is 11.3 Å². The van der Waals surface area contributed by atoms with Crippen LogP contribution in [0.15, 0.2) is 18.2 Å². The SMILES string of the molecule is CC(C)c1ccc2c(c1)[C@@H](O)C[C@@H]1[C@](C)(CO)CCC[C@]21C. The van der Waals surface area contributed by atoms with E-state index >= 15 is 0 Å². The fourth-order valence-electron chi connectivity index (χ4n) is 5.12. The summed E-state index contributed by atoms with van der Waals surface area (Å²) in [5.41, 5.74) is 3.77. The van der Waals surface area contributed by atoms with E-state index in [1.807, 2.05) is 0 Å². The molecule has 0 saturated heterocycles. The van der Waals surface area contributed by atoms with Crippen molar-refractivity contribution in [3.63, 3.8) is 0 Å². The van der Waals surface area contributed by atoms with Crippen molar-refractivity contribution in [1.82, 2.24) is 0 Å². The summed E-state index contributed by atoms with van der Waals surface area (Å²) in [5.74, 6) is 0.836. The maximum atomic E-state index is 10.8. The van der Waals surface area contributed by atoms with Gasteiger partial charge in [0.15, 0.2) is 0 Å². The minimum Gasteiger partial charge on any atom is -0.396 e. The Morgan fingerprint density at radius 1 is 1.23 bits per heavy atom. The number of hydrogen-bond acceptors (Lipinski definition) is 2. The van der Waals surface area contributed by atoms with Gasteiger partial charge in [-0.05, 0) is 58.6 Å². The van der Waals surface area contributed by atoms with Crippen molar-refractivity contribution in [3.05, 3.63) is 34.9 Å². The average molecular weight is 302 g/mol. The highest BCUT2D eigenvalue weighted by Crippen LogP contribution is 2.59. The van der Waals surface area contributed by atoms with Crippen molar-refractivity contribution in [1.29, 1.82) is 0 Å². The molecule has 1 aromatic rings. The molecular formula is C20H30O2. The molecule has 22 heavy (non-hydrogen) atoms. The van der Waals surface area contributed by atoms with Crippen molar-refractivity contribution < 1.29 is 10.2 Å². The van der Waals surface area contributed by atoms with E-state index in [2.05, 4.69) is 45.9 Å². The van der Waals surface area contributed by atoms with Gasteiger partial charge >= 0.3 is 0 Å². The van der Waals surface area contributed by atoms with Crippen LogP contribution < -0.4 is 0 Å². The summed E-state index contributed by atoms with van der Waals surface area (Å²) in [6, 6.07) is 6.70. The molecule has 0 heterocycles. The molecule has 0 radical (unpaired) electrons. The highest BCUT2D eigenvalue weighted by molar-refractivity contribution is 5.43. The number of hydrogen-bond donors (Lipinski definition) is 2. The van der Waals surface area contributed by atoms with E-state index in [0.29, 0.717) is 11.8 Å². The lowest BCUT2D eigenvalue weighted by Gasteiger charge is -2.56. The minimum atomic E-state index is -0.393. The Hall–Kier alpha value is -0.860. The van der Waals surface area contributed by atoms with Gasteiger partial charge in [0.1, 0.15) is 0 Å². The van der Waals surface area contributed by atoms with Crippen molar-refractivity contribution in [2.75, 3.05) is 6.61 Å². The number of fused-ring (bicyclic) bond motifs is 3. The predicted octanol–water partition coefficient (Wildman–Crippen LogP) is 4.30. The van der Waals surface area contributed by atoms with Crippen molar-refractivity contribution in [2.24, 2.45) is 11.3 Å². The van der Waals surface area contributed by atoms with E-state index in [1.165, 1.54) is 11.1 Å². The molecule has 1 saturated carbocycles. The first-order valence-corrected chi connectivity index (χ1v) is 8.75. The standard InChI is InChI=1S/C20H30O2/c1-13(2)14-6-7-16-15(10-14)17(22)11-18-19(3,12-21)8-5-9-20(16,18)4/h6-7,10,13,17-18,21-22H,5,8-9,11-12H2,1-4H3/t17-,18+,19-,20+/m0/s1. The second kappa shape index (κ2) is 5.35. The molecule has 0 spiro atoms. The van der Waals surface area contributed by atoms with Crippen LogP contribution in [0.1, 0.15) is 82.1 Å². The molecule has 1 aromatic carbocycles. The van der Waals surface area contributed by atoms with Gasteiger partial charge in [0, 0.05) is 6.61 Å². The monoisotopic (exact) mass is 302 g/mol. The van der Waals surface area contributed by atoms with E-state index in [4.69, 9.17) is 0 Å².